The van der Waals surface area contributed by atoms with Gasteiger partial charge in [-0.1, -0.05) is 13.8 Å². The summed E-state index contributed by atoms with van der Waals surface area (Å²) >= 11 is 0. The van der Waals surface area contributed by atoms with E-state index in [0.717, 1.165) is 12.8 Å². The number of rotatable bonds is 7. The second kappa shape index (κ2) is 7.59. The molecule has 2 aromatic rings. The maximum absolute atomic E-state index is 12.0. The van der Waals surface area contributed by atoms with Gasteiger partial charge in [0, 0.05) is 36.4 Å². The van der Waals surface area contributed by atoms with Crippen molar-refractivity contribution in [1.29, 1.82) is 0 Å². The van der Waals surface area contributed by atoms with Crippen LogP contribution in [0, 0.1) is 0 Å². The second-order valence-electron chi connectivity index (χ2n) is 5.21. The summed E-state index contributed by atoms with van der Waals surface area (Å²) in [4.78, 5) is 32.5. The van der Waals surface area contributed by atoms with Crippen molar-refractivity contribution >= 4 is 11.6 Å². The fourth-order valence-electron chi connectivity index (χ4n) is 2.23. The molecule has 2 heterocycles. The van der Waals surface area contributed by atoms with Crippen molar-refractivity contribution in [3.05, 3.63) is 47.8 Å². The zero-order valence-corrected chi connectivity index (χ0v) is 13.0. The van der Waals surface area contributed by atoms with Gasteiger partial charge in [0.15, 0.2) is 11.6 Å². The Labute approximate surface area is 130 Å². The molecule has 4 nitrogen and oxygen atoms in total. The van der Waals surface area contributed by atoms with Crippen molar-refractivity contribution in [2.45, 2.75) is 39.5 Å². The molecule has 0 aliphatic heterocycles. The third-order valence-electron chi connectivity index (χ3n) is 3.38. The monoisotopic (exact) mass is 296 g/mol. The van der Waals surface area contributed by atoms with Crippen LogP contribution < -0.4 is 0 Å². The molecule has 0 unspecified atom stereocenters. The third-order valence-corrected chi connectivity index (χ3v) is 3.38. The molecule has 0 saturated heterocycles. The molecule has 4 heteroatoms. The number of nitrogens with zero attached hydrogens (tertiary/aromatic N) is 2. The summed E-state index contributed by atoms with van der Waals surface area (Å²) in [6.07, 6.45) is 5.89. The van der Waals surface area contributed by atoms with Gasteiger partial charge in [0.25, 0.3) is 0 Å². The van der Waals surface area contributed by atoms with Crippen LogP contribution in [-0.4, -0.2) is 21.5 Å². The van der Waals surface area contributed by atoms with Gasteiger partial charge in [0.1, 0.15) is 0 Å². The van der Waals surface area contributed by atoms with Crippen molar-refractivity contribution in [2.75, 3.05) is 0 Å². The summed E-state index contributed by atoms with van der Waals surface area (Å²) in [5, 5.41) is 0. The summed E-state index contributed by atoms with van der Waals surface area (Å²) in [6, 6.07) is 6.92. The second-order valence-corrected chi connectivity index (χ2v) is 5.21. The standard InChI is InChI=1S/C18H20N2O2/c1-3-5-17(21)13-7-9-19-15(11-13)16-12-14(8-10-20-16)18(22)6-4-2/h7-12H,3-6H2,1-2H3. The average Bonchev–Trinajstić information content (AvgIpc) is 2.55. The normalized spacial score (nSPS) is 10.5. The van der Waals surface area contributed by atoms with Gasteiger partial charge in [-0.2, -0.15) is 0 Å². The molecule has 0 N–H and O–H groups in total. The molecule has 0 bridgehead atoms. The van der Waals surface area contributed by atoms with Gasteiger partial charge in [0.05, 0.1) is 11.4 Å². The Balaban J connectivity index is 2.32. The molecule has 2 aromatic heterocycles. The molecule has 114 valence electrons. The molecule has 0 aromatic carbocycles. The lowest BCUT2D eigenvalue weighted by atomic mass is 10.0. The maximum atomic E-state index is 12.0. The Morgan fingerprint density at radius 2 is 1.23 bits per heavy atom. The van der Waals surface area contributed by atoms with Gasteiger partial charge in [0.2, 0.25) is 0 Å². The zero-order chi connectivity index (χ0) is 15.9. The Bertz CT molecular complexity index is 621. The van der Waals surface area contributed by atoms with E-state index in [1.165, 1.54) is 0 Å². The number of pyridine rings is 2. The first kappa shape index (κ1) is 16.0. The zero-order valence-electron chi connectivity index (χ0n) is 13.0. The van der Waals surface area contributed by atoms with Gasteiger partial charge >= 0.3 is 0 Å². The van der Waals surface area contributed by atoms with Crippen molar-refractivity contribution in [3.63, 3.8) is 0 Å². The van der Waals surface area contributed by atoms with Gasteiger partial charge < -0.3 is 0 Å². The molecule has 0 atom stereocenters. The highest BCUT2D eigenvalue weighted by Crippen LogP contribution is 2.18. The van der Waals surface area contributed by atoms with E-state index in [-0.39, 0.29) is 11.6 Å². The van der Waals surface area contributed by atoms with E-state index in [1.807, 2.05) is 13.8 Å². The molecule has 0 spiro atoms. The summed E-state index contributed by atoms with van der Waals surface area (Å²) in [7, 11) is 0. The highest BCUT2D eigenvalue weighted by molar-refractivity contribution is 5.98. The number of Topliss-reactive ketones (excluding diaryl/α,β-unsaturated/α-hetero) is 2. The molecular formula is C18H20N2O2. The van der Waals surface area contributed by atoms with E-state index in [1.54, 1.807) is 36.7 Å². The first-order chi connectivity index (χ1) is 10.7. The van der Waals surface area contributed by atoms with Crippen molar-refractivity contribution in [3.8, 4) is 11.4 Å². The summed E-state index contributed by atoms with van der Waals surface area (Å²) in [5.41, 5.74) is 2.51. The van der Waals surface area contributed by atoms with Gasteiger partial charge in [-0.05, 0) is 37.1 Å². The lowest BCUT2D eigenvalue weighted by Crippen LogP contribution is -2.01. The minimum atomic E-state index is 0.101. The molecule has 0 saturated carbocycles. The minimum absolute atomic E-state index is 0.101. The van der Waals surface area contributed by atoms with Crippen molar-refractivity contribution < 1.29 is 9.59 Å². The van der Waals surface area contributed by atoms with Crippen LogP contribution in [0.3, 0.4) is 0 Å². The molecule has 0 radical (unpaired) electrons. The Morgan fingerprint density at radius 1 is 0.818 bits per heavy atom. The molecular weight excluding hydrogens is 276 g/mol. The number of aromatic nitrogens is 2. The largest absolute Gasteiger partial charge is 0.294 e. The van der Waals surface area contributed by atoms with Crippen LogP contribution in [0.5, 0.6) is 0 Å². The summed E-state index contributed by atoms with van der Waals surface area (Å²) < 4.78 is 0. The van der Waals surface area contributed by atoms with Crippen LogP contribution in [0.25, 0.3) is 11.4 Å². The number of ketones is 2. The maximum Gasteiger partial charge on any atom is 0.162 e. The quantitative estimate of drug-likeness (QED) is 0.721. The van der Waals surface area contributed by atoms with E-state index in [9.17, 15) is 9.59 Å². The number of hydrogen-bond acceptors (Lipinski definition) is 4. The molecule has 22 heavy (non-hydrogen) atoms. The van der Waals surface area contributed by atoms with E-state index in [0.29, 0.717) is 35.4 Å². The summed E-state index contributed by atoms with van der Waals surface area (Å²) in [6.45, 7) is 3.95. The number of carbonyl (C=O) groups is 2. The lowest BCUT2D eigenvalue weighted by molar-refractivity contribution is 0.0973. The Hall–Kier alpha value is -2.36. The highest BCUT2D eigenvalue weighted by atomic mass is 16.1. The van der Waals surface area contributed by atoms with E-state index >= 15 is 0 Å². The van der Waals surface area contributed by atoms with Crippen molar-refractivity contribution in [2.24, 2.45) is 0 Å². The fraction of sp³-hybridized carbons (Fsp3) is 0.333. The summed E-state index contributed by atoms with van der Waals surface area (Å²) in [5.74, 6) is 0.203. The third kappa shape index (κ3) is 3.85. The lowest BCUT2D eigenvalue weighted by Gasteiger charge is -2.05. The number of hydrogen-bond donors (Lipinski definition) is 0. The molecule has 0 aliphatic carbocycles. The first-order valence-electron chi connectivity index (χ1n) is 7.64. The SMILES string of the molecule is CCCC(=O)c1ccnc(-c2cc(C(=O)CCC)ccn2)c1. The Kier molecular flexibility index (Phi) is 5.53. The molecule has 2 rings (SSSR count). The Morgan fingerprint density at radius 3 is 1.59 bits per heavy atom. The van der Waals surface area contributed by atoms with E-state index < -0.39 is 0 Å². The van der Waals surface area contributed by atoms with Crippen LogP contribution in [0.2, 0.25) is 0 Å². The van der Waals surface area contributed by atoms with Crippen LogP contribution >= 0.6 is 0 Å². The van der Waals surface area contributed by atoms with Gasteiger partial charge in [-0.3, -0.25) is 19.6 Å². The predicted molar refractivity (Wildman–Crippen MR) is 85.9 cm³/mol. The van der Waals surface area contributed by atoms with Crippen LogP contribution in [0.4, 0.5) is 0 Å². The van der Waals surface area contributed by atoms with Crippen LogP contribution in [0.1, 0.15) is 60.2 Å². The smallest absolute Gasteiger partial charge is 0.162 e. The highest BCUT2D eigenvalue weighted by Gasteiger charge is 2.10. The van der Waals surface area contributed by atoms with Crippen molar-refractivity contribution in [1.82, 2.24) is 9.97 Å². The molecule has 0 fully saturated rings. The first-order valence-corrected chi connectivity index (χ1v) is 7.64. The molecule has 0 amide bonds. The van der Waals surface area contributed by atoms with Crippen LogP contribution in [-0.2, 0) is 0 Å². The van der Waals surface area contributed by atoms with Gasteiger partial charge in [-0.15, -0.1) is 0 Å². The minimum Gasteiger partial charge on any atom is -0.294 e. The van der Waals surface area contributed by atoms with Crippen LogP contribution in [0.15, 0.2) is 36.7 Å². The predicted octanol–water partition coefficient (Wildman–Crippen LogP) is 4.11. The average molecular weight is 296 g/mol. The van der Waals surface area contributed by atoms with Gasteiger partial charge in [-0.25, -0.2) is 0 Å². The van der Waals surface area contributed by atoms with E-state index in [2.05, 4.69) is 9.97 Å². The van der Waals surface area contributed by atoms with E-state index in [4.69, 9.17) is 0 Å². The topological polar surface area (TPSA) is 59.9 Å². The number of carbonyl (C=O) groups excluding carboxylic acids is 2. The molecule has 0 aliphatic rings. The fourth-order valence-corrected chi connectivity index (χ4v) is 2.23.